The van der Waals surface area contributed by atoms with Gasteiger partial charge in [0, 0.05) is 5.69 Å². The van der Waals surface area contributed by atoms with E-state index >= 15 is 0 Å². The van der Waals surface area contributed by atoms with Crippen LogP contribution in [0.4, 0.5) is 18.9 Å². The highest BCUT2D eigenvalue weighted by Crippen LogP contribution is 2.51. The van der Waals surface area contributed by atoms with Crippen molar-refractivity contribution in [1.82, 2.24) is 0 Å². The largest absolute Gasteiger partial charge is 0.497 e. The number of rotatable bonds is 5. The quantitative estimate of drug-likeness (QED) is 0.530. The van der Waals surface area contributed by atoms with E-state index in [4.69, 9.17) is 14.2 Å². The van der Waals surface area contributed by atoms with Crippen LogP contribution in [0.25, 0.3) is 11.1 Å². The molecule has 0 aromatic heterocycles. The summed E-state index contributed by atoms with van der Waals surface area (Å²) < 4.78 is 56.8. The lowest BCUT2D eigenvalue weighted by atomic mass is 9.94. The van der Waals surface area contributed by atoms with Crippen molar-refractivity contribution >= 4 is 11.6 Å². The maximum Gasteiger partial charge on any atom is 0.416 e. The molecular weight excluding hydrogens is 435 g/mol. The minimum atomic E-state index is -4.57. The molecule has 1 saturated carbocycles. The average molecular weight is 455 g/mol. The molecule has 33 heavy (non-hydrogen) atoms. The number of nitrogens with one attached hydrogen (secondary N) is 1. The predicted molar refractivity (Wildman–Crippen MR) is 116 cm³/mol. The summed E-state index contributed by atoms with van der Waals surface area (Å²) in [6, 6.07) is 15.6. The van der Waals surface area contributed by atoms with E-state index in [2.05, 4.69) is 5.32 Å². The van der Waals surface area contributed by atoms with Gasteiger partial charge in [-0.1, -0.05) is 18.2 Å². The number of benzene rings is 3. The SMILES string of the molecule is COc1cccc(-c2cc(NC(=O)C3(c4ccc5c(c4)OCO5)CC3)cc(C(F)(F)F)c2)c1. The van der Waals surface area contributed by atoms with Crippen LogP contribution in [0, 0.1) is 0 Å². The molecule has 5 nitrogen and oxygen atoms in total. The molecule has 0 bridgehead atoms. The maximum absolute atomic E-state index is 13.6. The molecule has 0 atom stereocenters. The Morgan fingerprint density at radius 2 is 1.76 bits per heavy atom. The standard InChI is InChI=1S/C25H20F3NO4/c1-31-20-4-2-3-15(11-20)16-9-18(25(26,27)28)12-19(10-16)29-23(30)24(7-8-24)17-5-6-21-22(13-17)33-14-32-21/h2-6,9-13H,7-8,14H2,1H3,(H,29,30). The highest BCUT2D eigenvalue weighted by atomic mass is 19.4. The van der Waals surface area contributed by atoms with Gasteiger partial charge in [0.2, 0.25) is 12.7 Å². The lowest BCUT2D eigenvalue weighted by Gasteiger charge is -2.18. The van der Waals surface area contributed by atoms with Gasteiger partial charge in [-0.15, -0.1) is 0 Å². The second kappa shape index (κ2) is 7.72. The van der Waals surface area contributed by atoms with E-state index in [-0.39, 0.29) is 18.4 Å². The second-order valence-corrected chi connectivity index (χ2v) is 8.13. The van der Waals surface area contributed by atoms with Crippen LogP contribution in [0.15, 0.2) is 60.7 Å². The summed E-state index contributed by atoms with van der Waals surface area (Å²) in [7, 11) is 1.49. The van der Waals surface area contributed by atoms with Crippen molar-refractivity contribution in [2.45, 2.75) is 24.4 Å². The summed E-state index contributed by atoms with van der Waals surface area (Å²) in [6.07, 6.45) is -3.37. The van der Waals surface area contributed by atoms with E-state index in [1.807, 2.05) is 0 Å². The van der Waals surface area contributed by atoms with Gasteiger partial charge >= 0.3 is 6.18 Å². The zero-order valence-electron chi connectivity index (χ0n) is 17.7. The average Bonchev–Trinajstić information content (AvgIpc) is 3.49. The number of methoxy groups -OCH3 is 1. The third-order valence-electron chi connectivity index (χ3n) is 6.03. The first-order valence-electron chi connectivity index (χ1n) is 10.4. The van der Waals surface area contributed by atoms with Crippen LogP contribution in [-0.2, 0) is 16.4 Å². The molecule has 1 heterocycles. The molecule has 1 fully saturated rings. The van der Waals surface area contributed by atoms with Crippen LogP contribution < -0.4 is 19.5 Å². The van der Waals surface area contributed by atoms with Crippen LogP contribution in [0.1, 0.15) is 24.0 Å². The third kappa shape index (κ3) is 3.97. The van der Waals surface area contributed by atoms with Crippen molar-refractivity contribution < 1.29 is 32.2 Å². The number of hydrogen-bond acceptors (Lipinski definition) is 4. The van der Waals surface area contributed by atoms with Gasteiger partial charge in [0.25, 0.3) is 0 Å². The Labute approximate surface area is 188 Å². The van der Waals surface area contributed by atoms with Crippen LogP contribution in [0.3, 0.4) is 0 Å². The molecular formula is C25H20F3NO4. The zero-order valence-corrected chi connectivity index (χ0v) is 17.7. The van der Waals surface area contributed by atoms with E-state index in [1.165, 1.54) is 13.2 Å². The fourth-order valence-electron chi connectivity index (χ4n) is 4.05. The fourth-order valence-corrected chi connectivity index (χ4v) is 4.05. The van der Waals surface area contributed by atoms with Gasteiger partial charge in [-0.3, -0.25) is 4.79 Å². The molecule has 170 valence electrons. The summed E-state index contributed by atoms with van der Waals surface area (Å²) in [5, 5.41) is 2.72. The van der Waals surface area contributed by atoms with Gasteiger partial charge in [-0.25, -0.2) is 0 Å². The number of fused-ring (bicyclic) bond motifs is 1. The Hall–Kier alpha value is -3.68. The minimum absolute atomic E-state index is 0.0830. The molecule has 3 aromatic rings. The Morgan fingerprint density at radius 1 is 0.970 bits per heavy atom. The fraction of sp³-hybridized carbons (Fsp3) is 0.240. The number of alkyl halides is 3. The first-order valence-corrected chi connectivity index (χ1v) is 10.4. The van der Waals surface area contributed by atoms with Crippen LogP contribution >= 0.6 is 0 Å². The number of hydrogen-bond donors (Lipinski definition) is 1. The number of carbonyl (C=O) groups excluding carboxylic acids is 1. The molecule has 1 aliphatic heterocycles. The normalized spacial score (nSPS) is 15.8. The number of carbonyl (C=O) groups is 1. The third-order valence-corrected chi connectivity index (χ3v) is 6.03. The number of anilines is 1. The molecule has 1 aliphatic carbocycles. The van der Waals surface area contributed by atoms with E-state index in [1.54, 1.807) is 42.5 Å². The van der Waals surface area contributed by atoms with Crippen LogP contribution in [-0.4, -0.2) is 19.8 Å². The molecule has 0 saturated heterocycles. The van der Waals surface area contributed by atoms with Crippen molar-refractivity contribution in [3.05, 3.63) is 71.8 Å². The molecule has 0 radical (unpaired) electrons. The number of ether oxygens (including phenoxy) is 3. The molecule has 5 rings (SSSR count). The lowest BCUT2D eigenvalue weighted by molar-refractivity contribution is -0.137. The predicted octanol–water partition coefficient (Wildman–Crippen LogP) is 5.78. The lowest BCUT2D eigenvalue weighted by Crippen LogP contribution is -2.28. The Morgan fingerprint density at radius 3 is 2.48 bits per heavy atom. The maximum atomic E-state index is 13.6. The summed E-state index contributed by atoms with van der Waals surface area (Å²) >= 11 is 0. The smallest absolute Gasteiger partial charge is 0.416 e. The highest BCUT2D eigenvalue weighted by molar-refractivity contribution is 6.02. The highest BCUT2D eigenvalue weighted by Gasteiger charge is 2.51. The summed E-state index contributed by atoms with van der Waals surface area (Å²) in [5.41, 5.74) is 0.0699. The molecule has 8 heteroatoms. The Bertz CT molecular complexity index is 1230. The van der Waals surface area contributed by atoms with Crippen molar-refractivity contribution in [2.75, 3.05) is 19.2 Å². The van der Waals surface area contributed by atoms with Crippen molar-refractivity contribution in [2.24, 2.45) is 0 Å². The van der Waals surface area contributed by atoms with Gasteiger partial charge in [0.1, 0.15) is 5.75 Å². The number of amides is 1. The summed E-state index contributed by atoms with van der Waals surface area (Å²) in [4.78, 5) is 13.2. The zero-order chi connectivity index (χ0) is 23.2. The van der Waals surface area contributed by atoms with Crippen molar-refractivity contribution in [3.8, 4) is 28.4 Å². The van der Waals surface area contributed by atoms with Gasteiger partial charge in [0.15, 0.2) is 11.5 Å². The van der Waals surface area contributed by atoms with E-state index < -0.39 is 17.2 Å². The second-order valence-electron chi connectivity index (χ2n) is 8.13. The first-order chi connectivity index (χ1) is 15.8. The van der Waals surface area contributed by atoms with Gasteiger partial charge in [-0.05, 0) is 72.0 Å². The molecule has 1 amide bonds. The summed E-state index contributed by atoms with van der Waals surface area (Å²) in [6.45, 7) is 0.120. The number of halogens is 3. The van der Waals surface area contributed by atoms with Crippen molar-refractivity contribution in [1.29, 1.82) is 0 Å². The van der Waals surface area contributed by atoms with Gasteiger partial charge in [0.05, 0.1) is 18.1 Å². The molecule has 3 aromatic carbocycles. The Kier molecular flexibility index (Phi) is 4.96. The Balaban J connectivity index is 1.48. The first kappa shape index (κ1) is 21.2. The van der Waals surface area contributed by atoms with Crippen LogP contribution in [0.5, 0.6) is 17.2 Å². The minimum Gasteiger partial charge on any atom is -0.497 e. The molecule has 0 unspecified atom stereocenters. The summed E-state index contributed by atoms with van der Waals surface area (Å²) in [5.74, 6) is 1.34. The van der Waals surface area contributed by atoms with E-state index in [0.717, 1.165) is 17.7 Å². The molecule has 0 spiro atoms. The van der Waals surface area contributed by atoms with E-state index in [0.29, 0.717) is 41.2 Å². The molecule has 2 aliphatic rings. The monoisotopic (exact) mass is 455 g/mol. The van der Waals surface area contributed by atoms with Crippen molar-refractivity contribution in [3.63, 3.8) is 0 Å². The van der Waals surface area contributed by atoms with Gasteiger partial charge in [-0.2, -0.15) is 13.2 Å². The topological polar surface area (TPSA) is 56.8 Å². The molecule has 1 N–H and O–H groups in total. The van der Waals surface area contributed by atoms with Gasteiger partial charge < -0.3 is 19.5 Å². The van der Waals surface area contributed by atoms with Crippen LogP contribution in [0.2, 0.25) is 0 Å². The van der Waals surface area contributed by atoms with E-state index in [9.17, 15) is 18.0 Å².